The van der Waals surface area contributed by atoms with E-state index in [1.165, 1.54) is 16.8 Å². The van der Waals surface area contributed by atoms with E-state index in [2.05, 4.69) is 10.5 Å². The van der Waals surface area contributed by atoms with Gasteiger partial charge in [0, 0.05) is 18.7 Å². The van der Waals surface area contributed by atoms with Gasteiger partial charge in [0.05, 0.1) is 12.7 Å². The number of hydrogen-bond acceptors (Lipinski definition) is 8. The molecule has 0 radical (unpaired) electrons. The lowest BCUT2D eigenvalue weighted by atomic mass is 10.2. The van der Waals surface area contributed by atoms with Gasteiger partial charge in [-0.05, 0) is 0 Å². The van der Waals surface area contributed by atoms with Crippen molar-refractivity contribution in [1.29, 1.82) is 0 Å². The monoisotopic (exact) mass is 309 g/mol. The summed E-state index contributed by atoms with van der Waals surface area (Å²) >= 11 is 0. The van der Waals surface area contributed by atoms with Gasteiger partial charge in [-0.1, -0.05) is 0 Å². The van der Waals surface area contributed by atoms with E-state index in [1.807, 2.05) is 0 Å². The van der Waals surface area contributed by atoms with Crippen molar-refractivity contribution in [2.24, 2.45) is 5.50 Å². The molecular weight excluding hydrogens is 293 g/mol. The minimum Gasteiger partial charge on any atom is -0.394 e. The number of aliphatic hydroxyl groups excluding tert-OH is 2. The van der Waals surface area contributed by atoms with Crippen molar-refractivity contribution < 1.29 is 24.7 Å². The Hall–Kier alpha value is -1.13. The Morgan fingerprint density at radius 2 is 2.10 bits per heavy atom. The predicted octanol–water partition coefficient (Wildman–Crippen LogP) is -2.67. The summed E-state index contributed by atoms with van der Waals surface area (Å²) in [7, 11) is -2.12. The summed E-state index contributed by atoms with van der Waals surface area (Å²) in [5.41, 5.74) is 3.21. The van der Waals surface area contributed by atoms with Crippen LogP contribution in [0.25, 0.3) is 0 Å². The summed E-state index contributed by atoms with van der Waals surface area (Å²) in [5.74, 6) is 0. The van der Waals surface area contributed by atoms with Gasteiger partial charge >= 0.3 is 5.69 Å². The highest BCUT2D eigenvalue weighted by atomic mass is 31.2. The summed E-state index contributed by atoms with van der Waals surface area (Å²) in [6.07, 6.45) is -0.649. The molecule has 0 bridgehead atoms. The first-order chi connectivity index (χ1) is 9.35. The molecule has 0 unspecified atom stereocenters. The fourth-order valence-electron chi connectivity index (χ4n) is 1.70. The molecule has 0 aromatic carbocycles. The number of nitrogens with one attached hydrogen (secondary N) is 1. The minimum absolute atomic E-state index is 0.206. The van der Waals surface area contributed by atoms with Crippen LogP contribution in [-0.2, 0) is 4.74 Å². The van der Waals surface area contributed by atoms with Crippen LogP contribution in [0.1, 0.15) is 12.6 Å². The Balaban J connectivity index is 0.000000444. The Kier molecular flexibility index (Phi) is 6.43. The highest BCUT2D eigenvalue weighted by Crippen LogP contribution is 2.26. The minimum atomic E-state index is -2.12. The molecule has 0 spiro atoms. The van der Waals surface area contributed by atoms with Crippen molar-refractivity contribution >= 4 is 8.53 Å². The standard InChI is InChI=1S/C9H12N2O5.H4NO2P/c12-4-6-5(13)3-8(16-6)11-2-1-7(14)10-9(11)15;1-4(2)3/h1-2,5-6,8,12-13H,3-4H2,(H,10,14,15);2-3H,1H2/t5-,6+,8+;/m0./s1. The van der Waals surface area contributed by atoms with Crippen molar-refractivity contribution in [2.45, 2.75) is 24.9 Å². The van der Waals surface area contributed by atoms with E-state index in [0.29, 0.717) is 0 Å². The molecule has 1 fully saturated rings. The van der Waals surface area contributed by atoms with Crippen LogP contribution in [0.5, 0.6) is 0 Å². The molecule has 7 N–H and O–H groups in total. The number of aromatic amines is 1. The Morgan fingerprint density at radius 3 is 2.55 bits per heavy atom. The maximum absolute atomic E-state index is 11.4. The molecule has 0 amide bonds. The average Bonchev–Trinajstić information content (AvgIpc) is 2.69. The molecule has 0 saturated carbocycles. The molecule has 2 heterocycles. The largest absolute Gasteiger partial charge is 0.394 e. The number of rotatable bonds is 2. The maximum atomic E-state index is 11.4. The van der Waals surface area contributed by atoms with Crippen LogP contribution in [-0.4, -0.2) is 48.4 Å². The number of aliphatic hydroxyl groups is 2. The van der Waals surface area contributed by atoms with Gasteiger partial charge in [-0.2, -0.15) is 0 Å². The van der Waals surface area contributed by atoms with Crippen LogP contribution < -0.4 is 16.8 Å². The first-order valence-corrected chi connectivity index (χ1v) is 6.85. The zero-order valence-electron chi connectivity index (χ0n) is 10.3. The van der Waals surface area contributed by atoms with Gasteiger partial charge in [0.2, 0.25) is 8.53 Å². The zero-order chi connectivity index (χ0) is 15.3. The van der Waals surface area contributed by atoms with E-state index in [-0.39, 0.29) is 13.0 Å². The molecule has 0 aliphatic carbocycles. The molecule has 11 heteroatoms. The summed E-state index contributed by atoms with van der Waals surface area (Å²) in [6, 6.07) is 1.20. The summed E-state index contributed by atoms with van der Waals surface area (Å²) in [5, 5.41) is 18.4. The Morgan fingerprint density at radius 1 is 1.50 bits per heavy atom. The zero-order valence-corrected chi connectivity index (χ0v) is 11.2. The Labute approximate surface area is 114 Å². The quantitative estimate of drug-likeness (QED) is 0.321. The first-order valence-electron chi connectivity index (χ1n) is 5.53. The normalized spacial score (nSPS) is 25.4. The van der Waals surface area contributed by atoms with E-state index in [4.69, 9.17) is 19.6 Å². The summed E-state index contributed by atoms with van der Waals surface area (Å²) in [4.78, 5) is 39.3. The fourth-order valence-corrected chi connectivity index (χ4v) is 1.70. The summed E-state index contributed by atoms with van der Waals surface area (Å²) < 4.78 is 6.45. The topological polar surface area (TPSA) is 171 Å². The SMILES string of the molecule is NP(O)O.O=c1ccn([C@H]2C[C@H](O)[C@@H](CO)O2)c(=O)[nH]1. The third kappa shape index (κ3) is 4.76. The molecule has 1 saturated heterocycles. The van der Waals surface area contributed by atoms with Crippen LogP contribution in [0.15, 0.2) is 21.9 Å². The molecule has 114 valence electrons. The van der Waals surface area contributed by atoms with Gasteiger partial charge in [0.25, 0.3) is 5.56 Å². The van der Waals surface area contributed by atoms with Crippen LogP contribution in [0.4, 0.5) is 0 Å². The van der Waals surface area contributed by atoms with E-state index in [1.54, 1.807) is 0 Å². The number of hydrogen-bond donors (Lipinski definition) is 6. The van der Waals surface area contributed by atoms with E-state index in [9.17, 15) is 14.7 Å². The number of ether oxygens (including phenoxy) is 1. The smallest absolute Gasteiger partial charge is 0.330 e. The fraction of sp³-hybridized carbons (Fsp3) is 0.556. The number of nitrogens with zero attached hydrogens (tertiary/aromatic N) is 1. The summed E-state index contributed by atoms with van der Waals surface area (Å²) in [6.45, 7) is -0.310. The third-order valence-electron chi connectivity index (χ3n) is 2.55. The van der Waals surface area contributed by atoms with Crippen LogP contribution in [0, 0.1) is 0 Å². The first kappa shape index (κ1) is 16.9. The molecule has 1 aromatic heterocycles. The maximum Gasteiger partial charge on any atom is 0.330 e. The number of aromatic nitrogens is 2. The lowest BCUT2D eigenvalue weighted by Crippen LogP contribution is -2.31. The second-order valence-corrected chi connectivity index (χ2v) is 4.59. The predicted molar refractivity (Wildman–Crippen MR) is 68.5 cm³/mol. The highest BCUT2D eigenvalue weighted by Gasteiger charge is 2.34. The van der Waals surface area contributed by atoms with Crippen molar-refractivity contribution in [3.05, 3.63) is 33.1 Å². The molecule has 10 nitrogen and oxygen atoms in total. The van der Waals surface area contributed by atoms with Crippen molar-refractivity contribution in [2.75, 3.05) is 6.61 Å². The van der Waals surface area contributed by atoms with Crippen LogP contribution in [0.2, 0.25) is 0 Å². The number of H-pyrrole nitrogens is 1. The lowest BCUT2D eigenvalue weighted by molar-refractivity contribution is -0.0459. The number of nitrogens with two attached hydrogens (primary N) is 1. The van der Waals surface area contributed by atoms with E-state index < -0.39 is 38.2 Å². The lowest BCUT2D eigenvalue weighted by Gasteiger charge is -2.13. The van der Waals surface area contributed by atoms with Gasteiger partial charge in [-0.15, -0.1) is 0 Å². The molecule has 1 aromatic rings. The van der Waals surface area contributed by atoms with Gasteiger partial charge in [0.1, 0.15) is 12.3 Å². The van der Waals surface area contributed by atoms with Crippen molar-refractivity contribution in [1.82, 2.24) is 9.55 Å². The van der Waals surface area contributed by atoms with E-state index in [0.717, 1.165) is 0 Å². The molecule has 20 heavy (non-hydrogen) atoms. The van der Waals surface area contributed by atoms with Gasteiger partial charge in [-0.25, -0.2) is 4.79 Å². The van der Waals surface area contributed by atoms with Crippen molar-refractivity contribution in [3.8, 4) is 0 Å². The second kappa shape index (κ2) is 7.60. The van der Waals surface area contributed by atoms with Crippen molar-refractivity contribution in [3.63, 3.8) is 0 Å². The van der Waals surface area contributed by atoms with Gasteiger partial charge in [0.15, 0.2) is 0 Å². The highest BCUT2D eigenvalue weighted by molar-refractivity contribution is 7.42. The second-order valence-electron chi connectivity index (χ2n) is 3.95. The van der Waals surface area contributed by atoms with Crippen LogP contribution in [0.3, 0.4) is 0 Å². The van der Waals surface area contributed by atoms with Gasteiger partial charge in [-0.3, -0.25) is 19.8 Å². The van der Waals surface area contributed by atoms with Crippen LogP contribution >= 0.6 is 8.53 Å². The third-order valence-corrected chi connectivity index (χ3v) is 2.55. The molecular formula is C9H16N3O7P. The average molecular weight is 309 g/mol. The van der Waals surface area contributed by atoms with E-state index >= 15 is 0 Å². The molecule has 2 rings (SSSR count). The molecule has 3 atom stereocenters. The molecule has 1 aliphatic heterocycles. The molecule has 1 aliphatic rings. The van der Waals surface area contributed by atoms with Gasteiger partial charge < -0.3 is 24.7 Å². The Bertz CT molecular complexity index is 528.